The molecule has 1 aromatic carbocycles. The third-order valence-corrected chi connectivity index (χ3v) is 3.56. The van der Waals surface area contributed by atoms with Crippen molar-refractivity contribution in [3.8, 4) is 0 Å². The van der Waals surface area contributed by atoms with Gasteiger partial charge >= 0.3 is 0 Å². The van der Waals surface area contributed by atoms with Crippen molar-refractivity contribution >= 4 is 11.6 Å². The van der Waals surface area contributed by atoms with Crippen LogP contribution in [0, 0.1) is 0 Å². The molecule has 0 amide bonds. The van der Waals surface area contributed by atoms with Crippen LogP contribution >= 0.6 is 11.6 Å². The molecule has 1 fully saturated rings. The Hall–Kier alpha value is -0.490. The quantitative estimate of drug-likeness (QED) is 0.558. The van der Waals surface area contributed by atoms with Crippen molar-refractivity contribution in [2.24, 2.45) is 0 Å². The first kappa shape index (κ1) is 16.5. The second-order valence-corrected chi connectivity index (χ2v) is 4.65. The van der Waals surface area contributed by atoms with E-state index in [1.54, 1.807) is 0 Å². The maximum absolute atomic E-state index is 6.19. The smallest absolute Gasteiger partial charge is 0.0443 e. The van der Waals surface area contributed by atoms with Crippen LogP contribution in [-0.2, 0) is 5.41 Å². The Morgan fingerprint density at radius 2 is 1.41 bits per heavy atom. The Morgan fingerprint density at radius 1 is 0.941 bits per heavy atom. The van der Waals surface area contributed by atoms with Gasteiger partial charge in [-0.15, -0.1) is 0 Å². The molecule has 0 spiro atoms. The van der Waals surface area contributed by atoms with Gasteiger partial charge in [0.15, 0.2) is 0 Å². The fraction of sp³-hybridized carbons (Fsp3) is 0.625. The zero-order valence-corrected chi connectivity index (χ0v) is 12.8. The highest BCUT2D eigenvalue weighted by molar-refractivity contribution is 6.31. The summed E-state index contributed by atoms with van der Waals surface area (Å²) in [5.74, 6) is 0. The fourth-order valence-electron chi connectivity index (χ4n) is 2.38. The molecule has 0 unspecified atom stereocenters. The van der Waals surface area contributed by atoms with Gasteiger partial charge in [-0.25, -0.2) is 0 Å². The lowest BCUT2D eigenvalue weighted by atomic mass is 9.81. The monoisotopic (exact) mass is 254 g/mol. The molecule has 0 heterocycles. The standard InChI is InChI=1S/C12H15Cl.2C2H6/c1-12(8-4-5-9-12)10-6-2-3-7-11(10)13;2*1-2/h2-3,6-7H,4-5,8-9H2,1H3;2*1-2H3. The Kier molecular flexibility index (Phi) is 8.33. The highest BCUT2D eigenvalue weighted by Crippen LogP contribution is 2.42. The maximum Gasteiger partial charge on any atom is 0.0443 e. The van der Waals surface area contributed by atoms with Crippen LogP contribution < -0.4 is 0 Å². The predicted molar refractivity (Wildman–Crippen MR) is 80.0 cm³/mol. The molecule has 17 heavy (non-hydrogen) atoms. The minimum atomic E-state index is 0.346. The molecule has 1 aliphatic carbocycles. The average Bonchev–Trinajstić information content (AvgIpc) is 2.83. The summed E-state index contributed by atoms with van der Waals surface area (Å²) in [5.41, 5.74) is 1.69. The molecule has 0 saturated heterocycles. The van der Waals surface area contributed by atoms with Crippen LogP contribution in [0.5, 0.6) is 0 Å². The number of benzene rings is 1. The topological polar surface area (TPSA) is 0 Å². The van der Waals surface area contributed by atoms with Gasteiger partial charge in [-0.2, -0.15) is 0 Å². The van der Waals surface area contributed by atoms with Crippen molar-refractivity contribution < 1.29 is 0 Å². The van der Waals surface area contributed by atoms with Gasteiger partial charge in [-0.3, -0.25) is 0 Å². The molecule has 1 aromatic rings. The lowest BCUT2D eigenvalue weighted by Crippen LogP contribution is -2.16. The van der Waals surface area contributed by atoms with E-state index in [1.165, 1.54) is 31.2 Å². The molecular weight excluding hydrogens is 228 g/mol. The second-order valence-electron chi connectivity index (χ2n) is 4.25. The summed E-state index contributed by atoms with van der Waals surface area (Å²) < 4.78 is 0. The highest BCUT2D eigenvalue weighted by Gasteiger charge is 2.31. The second kappa shape index (κ2) is 8.58. The van der Waals surface area contributed by atoms with Gasteiger partial charge in [0.2, 0.25) is 0 Å². The van der Waals surface area contributed by atoms with Crippen LogP contribution in [-0.4, -0.2) is 0 Å². The molecule has 0 atom stereocenters. The minimum absolute atomic E-state index is 0.346. The number of halogens is 1. The van der Waals surface area contributed by atoms with Gasteiger partial charge in [-0.1, -0.05) is 77.3 Å². The summed E-state index contributed by atoms with van der Waals surface area (Å²) in [5, 5.41) is 0.937. The van der Waals surface area contributed by atoms with Crippen molar-refractivity contribution in [2.75, 3.05) is 0 Å². The first-order valence-electron chi connectivity index (χ1n) is 6.97. The number of hydrogen-bond acceptors (Lipinski definition) is 0. The lowest BCUT2D eigenvalue weighted by molar-refractivity contribution is 0.491. The average molecular weight is 255 g/mol. The third kappa shape index (κ3) is 4.35. The van der Waals surface area contributed by atoms with Crippen LogP contribution in [0.15, 0.2) is 24.3 Å². The van der Waals surface area contributed by atoms with Gasteiger partial charge in [0.1, 0.15) is 0 Å². The SMILES string of the molecule is CC.CC.CC1(c2ccccc2Cl)CCCC1. The Balaban J connectivity index is 0.000000581. The van der Waals surface area contributed by atoms with Crippen LogP contribution in [0.3, 0.4) is 0 Å². The minimum Gasteiger partial charge on any atom is -0.0840 e. The van der Waals surface area contributed by atoms with Crippen LogP contribution in [0.2, 0.25) is 5.02 Å². The molecule has 1 saturated carbocycles. The van der Waals surface area contributed by atoms with E-state index in [0.29, 0.717) is 5.41 Å². The van der Waals surface area contributed by atoms with Crippen molar-refractivity contribution in [2.45, 2.75) is 65.7 Å². The Morgan fingerprint density at radius 3 is 1.88 bits per heavy atom. The van der Waals surface area contributed by atoms with Gasteiger partial charge in [0.05, 0.1) is 0 Å². The van der Waals surface area contributed by atoms with Crippen molar-refractivity contribution in [3.05, 3.63) is 34.9 Å². The van der Waals surface area contributed by atoms with Gasteiger partial charge < -0.3 is 0 Å². The number of hydrogen-bond donors (Lipinski definition) is 0. The van der Waals surface area contributed by atoms with Crippen LogP contribution in [0.4, 0.5) is 0 Å². The van der Waals surface area contributed by atoms with E-state index in [-0.39, 0.29) is 0 Å². The van der Waals surface area contributed by atoms with Crippen molar-refractivity contribution in [3.63, 3.8) is 0 Å². The molecule has 0 aliphatic heterocycles. The highest BCUT2D eigenvalue weighted by atomic mass is 35.5. The Labute approximate surface area is 112 Å². The van der Waals surface area contributed by atoms with Crippen LogP contribution in [0.25, 0.3) is 0 Å². The van der Waals surface area contributed by atoms with E-state index in [0.717, 1.165) is 5.02 Å². The van der Waals surface area contributed by atoms with E-state index < -0.39 is 0 Å². The van der Waals surface area contributed by atoms with E-state index >= 15 is 0 Å². The summed E-state index contributed by atoms with van der Waals surface area (Å²) in [4.78, 5) is 0. The van der Waals surface area contributed by atoms with Crippen molar-refractivity contribution in [1.29, 1.82) is 0 Å². The zero-order valence-electron chi connectivity index (χ0n) is 12.0. The molecule has 0 aromatic heterocycles. The molecule has 0 nitrogen and oxygen atoms in total. The molecule has 0 bridgehead atoms. The van der Waals surface area contributed by atoms with Crippen LogP contribution in [0.1, 0.15) is 65.9 Å². The van der Waals surface area contributed by atoms with E-state index in [1.807, 2.05) is 39.8 Å². The summed E-state index contributed by atoms with van der Waals surface area (Å²) in [6.45, 7) is 10.3. The van der Waals surface area contributed by atoms with E-state index in [9.17, 15) is 0 Å². The summed E-state index contributed by atoms with van der Waals surface area (Å²) >= 11 is 6.19. The van der Waals surface area contributed by atoms with E-state index in [2.05, 4.69) is 19.1 Å². The number of rotatable bonds is 1. The molecule has 1 heteroatoms. The largest absolute Gasteiger partial charge is 0.0840 e. The Bertz CT molecular complexity index is 298. The van der Waals surface area contributed by atoms with Crippen molar-refractivity contribution in [1.82, 2.24) is 0 Å². The lowest BCUT2D eigenvalue weighted by Gasteiger charge is -2.25. The summed E-state index contributed by atoms with van der Waals surface area (Å²) in [6.07, 6.45) is 5.27. The molecule has 0 radical (unpaired) electrons. The van der Waals surface area contributed by atoms with Gasteiger partial charge in [0, 0.05) is 5.02 Å². The summed E-state index contributed by atoms with van der Waals surface area (Å²) in [6, 6.07) is 8.27. The molecular formula is C16H27Cl. The zero-order chi connectivity index (χ0) is 13.3. The molecule has 1 aliphatic rings. The summed E-state index contributed by atoms with van der Waals surface area (Å²) in [7, 11) is 0. The normalized spacial score (nSPS) is 16.4. The molecule has 0 N–H and O–H groups in total. The third-order valence-electron chi connectivity index (χ3n) is 3.23. The van der Waals surface area contributed by atoms with Gasteiger partial charge in [0.25, 0.3) is 0 Å². The predicted octanol–water partition coefficient (Wildman–Crippen LogP) is 6.22. The van der Waals surface area contributed by atoms with E-state index in [4.69, 9.17) is 11.6 Å². The maximum atomic E-state index is 6.19. The molecule has 2 rings (SSSR count). The fourth-order valence-corrected chi connectivity index (χ4v) is 2.74. The first-order chi connectivity index (χ1) is 8.22. The molecule has 98 valence electrons. The first-order valence-corrected chi connectivity index (χ1v) is 7.35. The van der Waals surface area contributed by atoms with Gasteiger partial charge in [-0.05, 0) is 29.9 Å².